The maximum absolute atomic E-state index is 12.1. The van der Waals surface area contributed by atoms with Crippen LogP contribution in [0.3, 0.4) is 0 Å². The van der Waals surface area contributed by atoms with E-state index in [4.69, 9.17) is 17.3 Å². The third-order valence-electron chi connectivity index (χ3n) is 2.67. The Morgan fingerprint density at radius 1 is 1.47 bits per heavy atom. The Bertz CT molecular complexity index is 465. The van der Waals surface area contributed by atoms with Crippen LogP contribution < -0.4 is 5.73 Å². The molecule has 6 nitrogen and oxygen atoms in total. The fraction of sp³-hybridized carbons (Fsp3) is 0.400. The summed E-state index contributed by atoms with van der Waals surface area (Å²) in [6.07, 6.45) is 4.01. The van der Waals surface area contributed by atoms with Crippen molar-refractivity contribution in [3.63, 3.8) is 0 Å². The summed E-state index contributed by atoms with van der Waals surface area (Å²) in [7, 11) is 0. The van der Waals surface area contributed by atoms with Crippen LogP contribution in [0, 0.1) is 0 Å². The Morgan fingerprint density at radius 3 is 2.88 bits per heavy atom. The van der Waals surface area contributed by atoms with Gasteiger partial charge >= 0.3 is 0 Å². The number of carbonyl (C=O) groups excluding carboxylic acids is 2. The number of halogens is 1. The van der Waals surface area contributed by atoms with Crippen LogP contribution in [-0.2, 0) is 4.79 Å². The second-order valence-electron chi connectivity index (χ2n) is 3.79. The molecular formula is C10H11ClN4O2. The molecule has 7 heteroatoms. The number of carbonyl (C=O) groups is 2. The molecule has 90 valence electrons. The maximum Gasteiger partial charge on any atom is 0.274 e. The van der Waals surface area contributed by atoms with Crippen molar-refractivity contribution in [2.45, 2.75) is 18.9 Å². The maximum atomic E-state index is 12.1. The predicted molar refractivity (Wildman–Crippen MR) is 60.3 cm³/mol. The average Bonchev–Trinajstić information content (AvgIpc) is 2.77. The Balaban J connectivity index is 2.23. The quantitative estimate of drug-likeness (QED) is 0.818. The lowest BCUT2D eigenvalue weighted by atomic mass is 10.2. The molecule has 1 aromatic rings. The van der Waals surface area contributed by atoms with Crippen LogP contribution in [0.15, 0.2) is 12.4 Å². The molecule has 0 aliphatic carbocycles. The number of hydrogen-bond donors (Lipinski definition) is 1. The summed E-state index contributed by atoms with van der Waals surface area (Å²) in [4.78, 5) is 32.3. The highest BCUT2D eigenvalue weighted by Crippen LogP contribution is 2.19. The van der Waals surface area contributed by atoms with Crippen molar-refractivity contribution in [3.05, 3.63) is 23.2 Å². The molecular weight excluding hydrogens is 244 g/mol. The number of rotatable bonds is 2. The molecule has 2 rings (SSSR count). The molecule has 17 heavy (non-hydrogen) atoms. The molecule has 1 unspecified atom stereocenters. The van der Waals surface area contributed by atoms with Gasteiger partial charge in [-0.25, -0.2) is 4.98 Å². The van der Waals surface area contributed by atoms with E-state index in [2.05, 4.69) is 9.97 Å². The van der Waals surface area contributed by atoms with Crippen molar-refractivity contribution in [1.82, 2.24) is 14.9 Å². The van der Waals surface area contributed by atoms with Gasteiger partial charge in [0.15, 0.2) is 0 Å². The van der Waals surface area contributed by atoms with Crippen molar-refractivity contribution < 1.29 is 9.59 Å². The van der Waals surface area contributed by atoms with E-state index >= 15 is 0 Å². The van der Waals surface area contributed by atoms with Gasteiger partial charge in [-0.05, 0) is 12.8 Å². The number of amides is 2. The van der Waals surface area contributed by atoms with Gasteiger partial charge in [0.25, 0.3) is 5.91 Å². The van der Waals surface area contributed by atoms with Crippen molar-refractivity contribution in [2.24, 2.45) is 5.73 Å². The van der Waals surface area contributed by atoms with Gasteiger partial charge in [0.2, 0.25) is 5.91 Å². The summed E-state index contributed by atoms with van der Waals surface area (Å²) >= 11 is 5.66. The Kier molecular flexibility index (Phi) is 3.23. The normalized spacial score (nSPS) is 19.4. The highest BCUT2D eigenvalue weighted by atomic mass is 35.5. The van der Waals surface area contributed by atoms with E-state index in [1.165, 1.54) is 17.3 Å². The molecule has 1 aliphatic rings. The number of primary amides is 1. The van der Waals surface area contributed by atoms with Crippen molar-refractivity contribution in [1.29, 1.82) is 0 Å². The van der Waals surface area contributed by atoms with Crippen molar-refractivity contribution in [2.75, 3.05) is 6.54 Å². The van der Waals surface area contributed by atoms with Crippen LogP contribution in [0.5, 0.6) is 0 Å². The number of nitrogens with zero attached hydrogens (tertiary/aromatic N) is 3. The summed E-state index contributed by atoms with van der Waals surface area (Å²) in [5.41, 5.74) is 5.37. The number of nitrogens with two attached hydrogens (primary N) is 1. The molecule has 1 aliphatic heterocycles. The monoisotopic (exact) mass is 254 g/mol. The van der Waals surface area contributed by atoms with E-state index in [-0.39, 0.29) is 16.8 Å². The highest BCUT2D eigenvalue weighted by Gasteiger charge is 2.33. The number of hydrogen-bond acceptors (Lipinski definition) is 4. The first-order valence-electron chi connectivity index (χ1n) is 5.17. The van der Waals surface area contributed by atoms with Gasteiger partial charge in [-0.1, -0.05) is 11.6 Å². The predicted octanol–water partition coefficient (Wildman–Crippen LogP) is 0.220. The fourth-order valence-electron chi connectivity index (χ4n) is 1.90. The van der Waals surface area contributed by atoms with Gasteiger partial charge in [0.1, 0.15) is 16.9 Å². The van der Waals surface area contributed by atoms with E-state index in [0.717, 1.165) is 6.42 Å². The smallest absolute Gasteiger partial charge is 0.274 e. The molecule has 1 aromatic heterocycles. The topological polar surface area (TPSA) is 89.2 Å². The van der Waals surface area contributed by atoms with Gasteiger partial charge in [-0.2, -0.15) is 0 Å². The Hall–Kier alpha value is -1.69. The second-order valence-corrected chi connectivity index (χ2v) is 4.17. The molecule has 2 heterocycles. The van der Waals surface area contributed by atoms with Crippen LogP contribution in [0.4, 0.5) is 0 Å². The third kappa shape index (κ3) is 2.36. The van der Waals surface area contributed by atoms with E-state index in [9.17, 15) is 9.59 Å². The van der Waals surface area contributed by atoms with Gasteiger partial charge in [0, 0.05) is 6.54 Å². The first-order chi connectivity index (χ1) is 8.09. The number of likely N-dealkylation sites (tertiary alicyclic amines) is 1. The molecule has 0 saturated carbocycles. The molecule has 1 saturated heterocycles. The van der Waals surface area contributed by atoms with Crippen molar-refractivity contribution >= 4 is 23.4 Å². The Labute approximate surface area is 103 Å². The largest absolute Gasteiger partial charge is 0.368 e. The first-order valence-corrected chi connectivity index (χ1v) is 5.55. The molecule has 1 fully saturated rings. The summed E-state index contributed by atoms with van der Waals surface area (Å²) in [6, 6.07) is -0.553. The minimum absolute atomic E-state index is 0.130. The standard InChI is InChI=1S/C10H11ClN4O2/c11-8-5-13-4-6(14-8)10(17)15-3-1-2-7(15)9(12)16/h4-5,7H,1-3H2,(H2,12,16). The molecule has 0 bridgehead atoms. The molecule has 0 aromatic carbocycles. The molecule has 0 radical (unpaired) electrons. The van der Waals surface area contributed by atoms with E-state index in [0.29, 0.717) is 13.0 Å². The lowest BCUT2D eigenvalue weighted by Crippen LogP contribution is -2.44. The minimum atomic E-state index is -0.553. The lowest BCUT2D eigenvalue weighted by Gasteiger charge is -2.21. The molecule has 1 atom stereocenters. The molecule has 0 spiro atoms. The summed E-state index contributed by atoms with van der Waals surface area (Å²) in [6.45, 7) is 0.501. The minimum Gasteiger partial charge on any atom is -0.368 e. The van der Waals surface area contributed by atoms with E-state index in [1.807, 2.05) is 0 Å². The fourth-order valence-corrected chi connectivity index (χ4v) is 2.05. The first kappa shape index (κ1) is 11.8. The van der Waals surface area contributed by atoms with E-state index in [1.54, 1.807) is 0 Å². The van der Waals surface area contributed by atoms with Crippen molar-refractivity contribution in [3.8, 4) is 0 Å². The van der Waals surface area contributed by atoms with Gasteiger partial charge in [0.05, 0.1) is 12.4 Å². The van der Waals surface area contributed by atoms with Gasteiger partial charge in [-0.15, -0.1) is 0 Å². The van der Waals surface area contributed by atoms with E-state index < -0.39 is 11.9 Å². The molecule has 2 N–H and O–H groups in total. The van der Waals surface area contributed by atoms with Crippen LogP contribution in [0.25, 0.3) is 0 Å². The lowest BCUT2D eigenvalue weighted by molar-refractivity contribution is -0.121. The van der Waals surface area contributed by atoms with Crippen LogP contribution >= 0.6 is 11.6 Å². The van der Waals surface area contributed by atoms with Crippen LogP contribution in [-0.4, -0.2) is 39.3 Å². The SMILES string of the molecule is NC(=O)C1CCCN1C(=O)c1cncc(Cl)n1. The zero-order chi connectivity index (χ0) is 12.4. The zero-order valence-electron chi connectivity index (χ0n) is 8.97. The van der Waals surface area contributed by atoms with Crippen LogP contribution in [0.1, 0.15) is 23.3 Å². The Morgan fingerprint density at radius 2 is 2.24 bits per heavy atom. The summed E-state index contributed by atoms with van der Waals surface area (Å²) in [5.74, 6) is -0.855. The van der Waals surface area contributed by atoms with Gasteiger partial charge in [-0.3, -0.25) is 14.6 Å². The van der Waals surface area contributed by atoms with Gasteiger partial charge < -0.3 is 10.6 Å². The second kappa shape index (κ2) is 4.67. The molecule has 2 amide bonds. The summed E-state index contributed by atoms with van der Waals surface area (Å²) < 4.78 is 0. The average molecular weight is 255 g/mol. The highest BCUT2D eigenvalue weighted by molar-refractivity contribution is 6.29. The summed E-state index contributed by atoms with van der Waals surface area (Å²) in [5, 5.41) is 0.144. The van der Waals surface area contributed by atoms with Crippen LogP contribution in [0.2, 0.25) is 5.15 Å². The third-order valence-corrected chi connectivity index (χ3v) is 2.85. The number of aromatic nitrogens is 2. The zero-order valence-corrected chi connectivity index (χ0v) is 9.72.